The zero-order valence-electron chi connectivity index (χ0n) is 27.7. The van der Waals surface area contributed by atoms with E-state index in [1.54, 1.807) is 34.0 Å². The van der Waals surface area contributed by atoms with E-state index in [1.807, 2.05) is 18.2 Å². The summed E-state index contributed by atoms with van der Waals surface area (Å²) in [6.07, 6.45) is 1.96. The molecule has 0 aliphatic carbocycles. The Morgan fingerprint density at radius 2 is 1.77 bits per heavy atom. The Labute approximate surface area is 280 Å². The molecule has 1 aliphatic rings. The molecule has 2 aromatic heterocycles. The van der Waals surface area contributed by atoms with Gasteiger partial charge in [-0.25, -0.2) is 14.2 Å². The van der Waals surface area contributed by atoms with Crippen molar-refractivity contribution in [3.63, 3.8) is 0 Å². The zero-order valence-corrected chi connectivity index (χ0v) is 28.7. The standard InChI is InChI=1S/C35H44FN5O6Si/c1-48(2,3)18-17-46-24-41-22-27(23-42)32-31(11-12-37-33(32)41)47-30-10-9-26(19-28(30)36)20-29(38-35(44)45)34(43)40-15-13-39(14-16-40)21-25-7-5-4-6-8-25/h4-12,19,22,29,38,42H,13-18,20-21,23-24H2,1-3H3,(H,44,45)/t29-/m0/s1. The van der Waals surface area contributed by atoms with E-state index in [-0.39, 0.29) is 31.4 Å². The van der Waals surface area contributed by atoms with Crippen molar-refractivity contribution in [2.75, 3.05) is 32.8 Å². The maximum Gasteiger partial charge on any atom is 0.405 e. The van der Waals surface area contributed by atoms with E-state index >= 15 is 4.39 Å². The third-order valence-electron chi connectivity index (χ3n) is 8.38. The minimum Gasteiger partial charge on any atom is -0.465 e. The molecule has 0 spiro atoms. The molecular weight excluding hydrogens is 633 g/mol. The van der Waals surface area contributed by atoms with Gasteiger partial charge in [0.05, 0.1) is 12.0 Å². The van der Waals surface area contributed by atoms with Crippen molar-refractivity contribution < 1.29 is 33.7 Å². The second-order valence-corrected chi connectivity index (χ2v) is 18.9. The molecule has 48 heavy (non-hydrogen) atoms. The number of aliphatic hydroxyl groups is 1. The third-order valence-corrected chi connectivity index (χ3v) is 10.1. The molecule has 1 atom stereocenters. The van der Waals surface area contributed by atoms with Gasteiger partial charge in [0, 0.05) is 71.8 Å². The van der Waals surface area contributed by atoms with Gasteiger partial charge in [-0.05, 0) is 35.4 Å². The lowest BCUT2D eigenvalue weighted by molar-refractivity contribution is -0.135. The number of carbonyl (C=O) groups excluding carboxylic acids is 1. The quantitative estimate of drug-likeness (QED) is 0.121. The van der Waals surface area contributed by atoms with Crippen LogP contribution >= 0.6 is 0 Å². The largest absolute Gasteiger partial charge is 0.465 e. The summed E-state index contributed by atoms with van der Waals surface area (Å²) >= 11 is 0. The molecule has 2 aromatic carbocycles. The second-order valence-electron chi connectivity index (χ2n) is 13.3. The first-order valence-corrected chi connectivity index (χ1v) is 19.9. The number of benzene rings is 2. The Balaban J connectivity index is 1.25. The lowest BCUT2D eigenvalue weighted by Crippen LogP contribution is -2.55. The zero-order chi connectivity index (χ0) is 34.3. The van der Waals surface area contributed by atoms with Crippen LogP contribution < -0.4 is 10.1 Å². The summed E-state index contributed by atoms with van der Waals surface area (Å²) in [6.45, 7) is 10.5. The van der Waals surface area contributed by atoms with Crippen molar-refractivity contribution in [3.05, 3.63) is 89.5 Å². The van der Waals surface area contributed by atoms with Crippen LogP contribution in [-0.2, 0) is 35.8 Å². The van der Waals surface area contributed by atoms with Gasteiger partial charge in [-0.3, -0.25) is 9.69 Å². The molecule has 2 amide bonds. The molecule has 1 aliphatic heterocycles. The topological polar surface area (TPSA) is 129 Å². The molecule has 3 N–H and O–H groups in total. The molecule has 0 bridgehead atoms. The lowest BCUT2D eigenvalue weighted by Gasteiger charge is -2.36. The fraction of sp³-hybridized carbons (Fsp3) is 0.400. The van der Waals surface area contributed by atoms with Gasteiger partial charge in [0.15, 0.2) is 11.6 Å². The fourth-order valence-corrected chi connectivity index (χ4v) is 6.51. The Hall–Kier alpha value is -4.30. The molecule has 1 saturated heterocycles. The molecule has 0 unspecified atom stereocenters. The van der Waals surface area contributed by atoms with E-state index < -0.39 is 26.0 Å². The molecule has 3 heterocycles. The molecule has 4 aromatic rings. The number of nitrogens with zero attached hydrogens (tertiary/aromatic N) is 4. The number of aromatic nitrogens is 2. The number of aliphatic hydroxyl groups excluding tert-OH is 1. The van der Waals surface area contributed by atoms with E-state index in [1.165, 1.54) is 17.7 Å². The minimum absolute atomic E-state index is 0.0265. The Morgan fingerprint density at radius 1 is 1.02 bits per heavy atom. The molecule has 5 rings (SSSR count). The highest BCUT2D eigenvalue weighted by Crippen LogP contribution is 2.34. The average molecular weight is 678 g/mol. The van der Waals surface area contributed by atoms with Gasteiger partial charge in [-0.2, -0.15) is 0 Å². The normalized spacial score (nSPS) is 14.6. The molecular formula is C35H44FN5O6Si. The van der Waals surface area contributed by atoms with Gasteiger partial charge in [-0.1, -0.05) is 56.0 Å². The smallest absolute Gasteiger partial charge is 0.405 e. The molecule has 11 nitrogen and oxygen atoms in total. The van der Waals surface area contributed by atoms with E-state index in [9.17, 15) is 19.8 Å². The number of carboxylic acid groups (broad SMARTS) is 1. The summed E-state index contributed by atoms with van der Waals surface area (Å²) in [4.78, 5) is 33.4. The number of nitrogens with one attached hydrogen (secondary N) is 1. The minimum atomic E-state index is -1.33. The van der Waals surface area contributed by atoms with Crippen LogP contribution in [0.2, 0.25) is 25.7 Å². The van der Waals surface area contributed by atoms with Crippen molar-refractivity contribution >= 4 is 31.1 Å². The number of carbonyl (C=O) groups is 2. The van der Waals surface area contributed by atoms with E-state index in [0.29, 0.717) is 60.7 Å². The second kappa shape index (κ2) is 15.7. The summed E-state index contributed by atoms with van der Waals surface area (Å²) in [5, 5.41) is 22.4. The summed E-state index contributed by atoms with van der Waals surface area (Å²) < 4.78 is 29.2. The van der Waals surface area contributed by atoms with Gasteiger partial charge in [0.1, 0.15) is 24.2 Å². The monoisotopic (exact) mass is 677 g/mol. The van der Waals surface area contributed by atoms with Crippen LogP contribution in [0, 0.1) is 5.82 Å². The SMILES string of the molecule is C[Si](C)(C)CCOCn1cc(CO)c2c(Oc3ccc(C[C@H](NC(=O)O)C(=O)N4CCN(Cc5ccccc5)CC4)cc3F)ccnc21. The molecule has 0 saturated carbocycles. The summed E-state index contributed by atoms with van der Waals surface area (Å²) in [5.41, 5.74) is 2.74. The first kappa shape index (κ1) is 35.0. The summed E-state index contributed by atoms with van der Waals surface area (Å²) in [6, 6.07) is 16.0. The van der Waals surface area contributed by atoms with Gasteiger partial charge in [0.25, 0.3) is 0 Å². The van der Waals surface area contributed by atoms with Crippen molar-refractivity contribution in [1.29, 1.82) is 0 Å². The fourth-order valence-electron chi connectivity index (χ4n) is 5.76. The van der Waals surface area contributed by atoms with Crippen LogP contribution in [-0.4, -0.2) is 88.5 Å². The van der Waals surface area contributed by atoms with Gasteiger partial charge >= 0.3 is 6.09 Å². The van der Waals surface area contributed by atoms with E-state index in [0.717, 1.165) is 12.6 Å². The van der Waals surface area contributed by atoms with Crippen LogP contribution in [0.25, 0.3) is 11.0 Å². The number of pyridine rings is 1. The van der Waals surface area contributed by atoms with Crippen LogP contribution in [0.3, 0.4) is 0 Å². The molecule has 1 fully saturated rings. The Morgan fingerprint density at radius 3 is 2.44 bits per heavy atom. The third kappa shape index (κ3) is 9.19. The van der Waals surface area contributed by atoms with Crippen LogP contribution in [0.5, 0.6) is 11.5 Å². The summed E-state index contributed by atoms with van der Waals surface area (Å²) in [7, 11) is -1.25. The highest BCUT2D eigenvalue weighted by atomic mass is 28.3. The van der Waals surface area contributed by atoms with Gasteiger partial charge in [-0.15, -0.1) is 0 Å². The summed E-state index contributed by atoms with van der Waals surface area (Å²) in [5.74, 6) is -0.753. The first-order chi connectivity index (χ1) is 23.0. The highest BCUT2D eigenvalue weighted by molar-refractivity contribution is 6.76. The number of hydrogen-bond acceptors (Lipinski definition) is 7. The number of halogens is 1. The maximum atomic E-state index is 15.5. The van der Waals surface area contributed by atoms with Gasteiger partial charge < -0.3 is 34.5 Å². The van der Waals surface area contributed by atoms with Crippen molar-refractivity contribution in [2.24, 2.45) is 0 Å². The molecule has 256 valence electrons. The highest BCUT2D eigenvalue weighted by Gasteiger charge is 2.29. The average Bonchev–Trinajstić information content (AvgIpc) is 3.42. The Bertz CT molecular complexity index is 1710. The lowest BCUT2D eigenvalue weighted by atomic mass is 10.0. The van der Waals surface area contributed by atoms with Crippen LogP contribution in [0.1, 0.15) is 16.7 Å². The molecule has 0 radical (unpaired) electrons. The van der Waals surface area contributed by atoms with Crippen LogP contribution in [0.15, 0.2) is 67.0 Å². The van der Waals surface area contributed by atoms with Crippen LogP contribution in [0.4, 0.5) is 9.18 Å². The number of fused-ring (bicyclic) bond motifs is 1. The Kier molecular flexibility index (Phi) is 11.5. The number of hydrogen-bond donors (Lipinski definition) is 3. The van der Waals surface area contributed by atoms with E-state index in [2.05, 4.69) is 47.0 Å². The number of ether oxygens (including phenoxy) is 2. The first-order valence-electron chi connectivity index (χ1n) is 16.2. The number of amides is 2. The molecule has 13 heteroatoms. The van der Waals surface area contributed by atoms with Crippen molar-refractivity contribution in [1.82, 2.24) is 24.7 Å². The maximum absolute atomic E-state index is 15.5. The number of piperazine rings is 1. The predicted octanol–water partition coefficient (Wildman–Crippen LogP) is 5.30. The van der Waals surface area contributed by atoms with E-state index in [4.69, 9.17) is 9.47 Å². The van der Waals surface area contributed by atoms with Crippen molar-refractivity contribution in [3.8, 4) is 11.5 Å². The van der Waals surface area contributed by atoms with Gasteiger partial charge in [0.2, 0.25) is 5.91 Å². The predicted molar refractivity (Wildman–Crippen MR) is 183 cm³/mol. The number of rotatable bonds is 14. The van der Waals surface area contributed by atoms with Crippen molar-refractivity contribution in [2.45, 2.75) is 58.0 Å².